The van der Waals surface area contributed by atoms with Crippen LogP contribution in [0.1, 0.15) is 0 Å². The molecule has 0 aliphatic rings. The average molecular weight is 304 g/mol. The molecule has 3 rings (SSSR count). The van der Waals surface area contributed by atoms with Gasteiger partial charge in [-0.2, -0.15) is 4.98 Å². The summed E-state index contributed by atoms with van der Waals surface area (Å²) in [5.41, 5.74) is 0.600. The highest BCUT2D eigenvalue weighted by molar-refractivity contribution is 7.91. The van der Waals surface area contributed by atoms with Crippen molar-refractivity contribution in [1.82, 2.24) is 4.98 Å². The first-order valence-electron chi connectivity index (χ1n) is 5.83. The molecule has 106 valence electrons. The van der Waals surface area contributed by atoms with Crippen LogP contribution in [0.25, 0.3) is 11.1 Å². The molecule has 21 heavy (non-hydrogen) atoms. The summed E-state index contributed by atoms with van der Waals surface area (Å²) in [7, 11) is -3.94. The summed E-state index contributed by atoms with van der Waals surface area (Å²) in [5.74, 6) is 0. The van der Waals surface area contributed by atoms with E-state index in [-0.39, 0.29) is 10.6 Å². The van der Waals surface area contributed by atoms with E-state index in [9.17, 15) is 18.5 Å². The summed E-state index contributed by atoms with van der Waals surface area (Å²) in [6, 6.07) is 11.2. The molecule has 8 heteroatoms. The maximum atomic E-state index is 12.4. The molecule has 1 aromatic heterocycles. The van der Waals surface area contributed by atoms with Crippen LogP contribution in [-0.4, -0.2) is 18.3 Å². The van der Waals surface area contributed by atoms with E-state index in [1.54, 1.807) is 24.3 Å². The number of nitrogens with zero attached hydrogens (tertiary/aromatic N) is 2. The van der Waals surface area contributed by atoms with Crippen molar-refractivity contribution >= 4 is 26.6 Å². The lowest BCUT2D eigenvalue weighted by atomic mass is 10.3. The average Bonchev–Trinajstić information content (AvgIpc) is 2.92. The highest BCUT2D eigenvalue weighted by Gasteiger charge is 2.25. The SMILES string of the molecule is O=[N+]([O-])c1ccc(S(=O)(=O)c2nc3ccccc3o2)cc1. The summed E-state index contributed by atoms with van der Waals surface area (Å²) >= 11 is 0. The van der Waals surface area contributed by atoms with Gasteiger partial charge in [0.1, 0.15) is 5.52 Å². The second-order valence-electron chi connectivity index (χ2n) is 4.20. The maximum absolute atomic E-state index is 12.4. The first-order chi connectivity index (χ1) is 9.98. The number of rotatable bonds is 3. The van der Waals surface area contributed by atoms with Gasteiger partial charge in [0.15, 0.2) is 5.58 Å². The number of para-hydroxylation sites is 2. The molecule has 0 saturated heterocycles. The van der Waals surface area contributed by atoms with Gasteiger partial charge in [-0.15, -0.1) is 0 Å². The number of aromatic nitrogens is 1. The molecular formula is C13H8N2O5S. The van der Waals surface area contributed by atoms with Crippen LogP contribution in [0.2, 0.25) is 0 Å². The zero-order valence-electron chi connectivity index (χ0n) is 10.5. The lowest BCUT2D eigenvalue weighted by Crippen LogP contribution is -2.02. The predicted octanol–water partition coefficient (Wildman–Crippen LogP) is 2.57. The molecule has 0 aliphatic carbocycles. The third kappa shape index (κ3) is 2.25. The van der Waals surface area contributed by atoms with E-state index >= 15 is 0 Å². The molecule has 0 spiro atoms. The Bertz CT molecular complexity index is 896. The number of oxazole rings is 1. The van der Waals surface area contributed by atoms with Gasteiger partial charge in [0.25, 0.3) is 15.5 Å². The van der Waals surface area contributed by atoms with Crippen LogP contribution in [0.5, 0.6) is 0 Å². The van der Waals surface area contributed by atoms with E-state index in [1.807, 2.05) is 0 Å². The van der Waals surface area contributed by atoms with Gasteiger partial charge in [0.2, 0.25) is 0 Å². The number of nitro groups is 1. The number of non-ortho nitro benzene ring substituents is 1. The third-order valence-corrected chi connectivity index (χ3v) is 4.39. The van der Waals surface area contributed by atoms with Crippen LogP contribution in [0, 0.1) is 10.1 Å². The number of benzene rings is 2. The Morgan fingerprint density at radius 1 is 1.05 bits per heavy atom. The molecule has 0 unspecified atom stereocenters. The lowest BCUT2D eigenvalue weighted by molar-refractivity contribution is -0.384. The summed E-state index contributed by atoms with van der Waals surface area (Å²) in [5, 5.41) is 10.1. The van der Waals surface area contributed by atoms with Crippen LogP contribution in [0.4, 0.5) is 5.69 Å². The smallest absolute Gasteiger partial charge is 0.321 e. The highest BCUT2D eigenvalue weighted by Crippen LogP contribution is 2.25. The van der Waals surface area contributed by atoms with Crippen molar-refractivity contribution in [2.24, 2.45) is 0 Å². The largest absolute Gasteiger partial charge is 0.428 e. The van der Waals surface area contributed by atoms with E-state index in [1.165, 1.54) is 0 Å². The van der Waals surface area contributed by atoms with Gasteiger partial charge in [-0.05, 0) is 24.3 Å². The normalized spacial score (nSPS) is 11.6. The van der Waals surface area contributed by atoms with Crippen LogP contribution in [-0.2, 0) is 9.84 Å². The van der Waals surface area contributed by atoms with Crippen molar-refractivity contribution in [2.45, 2.75) is 10.1 Å². The minimum atomic E-state index is -3.94. The zero-order chi connectivity index (χ0) is 15.0. The van der Waals surface area contributed by atoms with Crippen molar-refractivity contribution in [3.63, 3.8) is 0 Å². The molecule has 0 atom stereocenters. The topological polar surface area (TPSA) is 103 Å². The molecule has 0 amide bonds. The van der Waals surface area contributed by atoms with Crippen LogP contribution in [0.15, 0.2) is 63.1 Å². The number of hydrogen-bond donors (Lipinski definition) is 0. The van der Waals surface area contributed by atoms with E-state index in [0.29, 0.717) is 11.1 Å². The van der Waals surface area contributed by atoms with Gasteiger partial charge in [-0.25, -0.2) is 8.42 Å². The summed E-state index contributed by atoms with van der Waals surface area (Å²) < 4.78 is 29.9. The van der Waals surface area contributed by atoms with Crippen molar-refractivity contribution < 1.29 is 17.8 Å². The summed E-state index contributed by atoms with van der Waals surface area (Å²) in [6.45, 7) is 0. The molecule has 0 saturated carbocycles. The predicted molar refractivity (Wildman–Crippen MR) is 72.6 cm³/mol. The minimum Gasteiger partial charge on any atom is -0.428 e. The Kier molecular flexibility index (Phi) is 2.95. The van der Waals surface area contributed by atoms with Crippen LogP contribution < -0.4 is 0 Å². The van der Waals surface area contributed by atoms with Gasteiger partial charge in [0.05, 0.1) is 9.82 Å². The number of fused-ring (bicyclic) bond motifs is 1. The van der Waals surface area contributed by atoms with E-state index in [4.69, 9.17) is 4.42 Å². The van der Waals surface area contributed by atoms with Gasteiger partial charge in [0, 0.05) is 12.1 Å². The van der Waals surface area contributed by atoms with Crippen molar-refractivity contribution in [3.8, 4) is 0 Å². The Morgan fingerprint density at radius 3 is 2.33 bits per heavy atom. The van der Waals surface area contributed by atoms with Crippen molar-refractivity contribution in [3.05, 3.63) is 58.6 Å². The van der Waals surface area contributed by atoms with E-state index in [2.05, 4.69) is 4.98 Å². The molecule has 7 nitrogen and oxygen atoms in total. The fourth-order valence-electron chi connectivity index (χ4n) is 1.81. The number of nitro benzene ring substituents is 1. The fourth-order valence-corrected chi connectivity index (χ4v) is 2.93. The van der Waals surface area contributed by atoms with Crippen molar-refractivity contribution in [2.75, 3.05) is 0 Å². The second-order valence-corrected chi connectivity index (χ2v) is 6.03. The molecule has 0 bridgehead atoms. The Balaban J connectivity index is 2.09. The fraction of sp³-hybridized carbons (Fsp3) is 0. The first kappa shape index (κ1) is 13.3. The molecule has 0 fully saturated rings. The second kappa shape index (κ2) is 4.67. The zero-order valence-corrected chi connectivity index (χ0v) is 11.3. The molecular weight excluding hydrogens is 296 g/mol. The minimum absolute atomic E-state index is 0.111. The van der Waals surface area contributed by atoms with E-state index in [0.717, 1.165) is 24.3 Å². The number of hydrogen-bond acceptors (Lipinski definition) is 6. The van der Waals surface area contributed by atoms with Gasteiger partial charge >= 0.3 is 5.22 Å². The standard InChI is InChI=1S/C13H8N2O5S/c16-15(17)9-5-7-10(8-6-9)21(18,19)13-14-11-3-1-2-4-12(11)20-13/h1-8H. The van der Waals surface area contributed by atoms with Crippen LogP contribution >= 0.6 is 0 Å². The molecule has 3 aromatic rings. The quantitative estimate of drug-likeness (QED) is 0.544. The van der Waals surface area contributed by atoms with Gasteiger partial charge in [-0.3, -0.25) is 10.1 Å². The molecule has 0 N–H and O–H groups in total. The lowest BCUT2D eigenvalue weighted by Gasteiger charge is -1.99. The molecule has 1 heterocycles. The maximum Gasteiger partial charge on any atom is 0.321 e. The number of sulfone groups is 1. The monoisotopic (exact) mass is 304 g/mol. The Hall–Kier alpha value is -2.74. The molecule has 0 aliphatic heterocycles. The van der Waals surface area contributed by atoms with Gasteiger partial charge in [-0.1, -0.05) is 12.1 Å². The Morgan fingerprint density at radius 2 is 1.71 bits per heavy atom. The van der Waals surface area contributed by atoms with E-state index < -0.39 is 20.0 Å². The molecule has 2 aromatic carbocycles. The van der Waals surface area contributed by atoms with Gasteiger partial charge < -0.3 is 4.42 Å². The third-order valence-electron chi connectivity index (χ3n) is 2.86. The Labute approximate surface area is 118 Å². The van der Waals surface area contributed by atoms with Crippen molar-refractivity contribution in [1.29, 1.82) is 0 Å². The summed E-state index contributed by atoms with van der Waals surface area (Å²) in [4.78, 5) is 13.8. The first-order valence-corrected chi connectivity index (χ1v) is 7.32. The summed E-state index contributed by atoms with van der Waals surface area (Å²) in [6.07, 6.45) is 0. The highest BCUT2D eigenvalue weighted by atomic mass is 32.2. The molecule has 0 radical (unpaired) electrons. The van der Waals surface area contributed by atoms with Crippen LogP contribution in [0.3, 0.4) is 0 Å².